The maximum Gasteiger partial charge on any atom is 0.151 e. The van der Waals surface area contributed by atoms with Gasteiger partial charge in [0, 0.05) is 46.5 Å². The van der Waals surface area contributed by atoms with Crippen molar-refractivity contribution in [3.63, 3.8) is 0 Å². The number of hydrogen-bond donors (Lipinski definition) is 0. The molecular formula is C28H28N+. The molecule has 0 atom stereocenters. The average molecular weight is 379 g/mol. The smallest absolute Gasteiger partial charge is 0.151 e. The molecule has 4 rings (SSSR count). The molecule has 0 saturated carbocycles. The van der Waals surface area contributed by atoms with Crippen molar-refractivity contribution in [2.45, 2.75) is 27.7 Å². The summed E-state index contributed by atoms with van der Waals surface area (Å²) in [6, 6.07) is 35.1. The van der Waals surface area contributed by atoms with Crippen LogP contribution < -0.4 is 4.48 Å². The van der Waals surface area contributed by atoms with Gasteiger partial charge >= 0.3 is 0 Å². The van der Waals surface area contributed by atoms with Crippen molar-refractivity contribution < 1.29 is 0 Å². The molecule has 4 aromatic carbocycles. The largest absolute Gasteiger partial charge is 0.193 e. The molecule has 0 aliphatic heterocycles. The van der Waals surface area contributed by atoms with E-state index in [0.717, 1.165) is 0 Å². The van der Waals surface area contributed by atoms with E-state index in [-0.39, 0.29) is 0 Å². The van der Waals surface area contributed by atoms with E-state index in [1.165, 1.54) is 45.0 Å². The Balaban J connectivity index is 2.28. The Bertz CT molecular complexity index is 969. The molecule has 0 spiro atoms. The van der Waals surface area contributed by atoms with Crippen LogP contribution >= 0.6 is 0 Å². The number of para-hydroxylation sites is 4. The predicted octanol–water partition coefficient (Wildman–Crippen LogP) is 8.22. The van der Waals surface area contributed by atoms with Crippen molar-refractivity contribution in [3.05, 3.63) is 119 Å². The van der Waals surface area contributed by atoms with Crippen LogP contribution in [0.2, 0.25) is 0 Å². The lowest BCUT2D eigenvalue weighted by Crippen LogP contribution is -2.36. The number of hydrogen-bond acceptors (Lipinski definition) is 0. The van der Waals surface area contributed by atoms with Crippen LogP contribution in [-0.4, -0.2) is 0 Å². The molecule has 144 valence electrons. The molecule has 0 aromatic heterocycles. The Morgan fingerprint density at radius 3 is 0.759 bits per heavy atom. The molecule has 0 unspecified atom stereocenters. The van der Waals surface area contributed by atoms with Gasteiger partial charge in [0.25, 0.3) is 0 Å². The molecule has 0 fully saturated rings. The number of aryl methyl sites for hydroxylation is 4. The first kappa shape index (κ1) is 19.2. The summed E-state index contributed by atoms with van der Waals surface area (Å²) < 4.78 is 0.582. The van der Waals surface area contributed by atoms with Crippen LogP contribution in [0, 0.1) is 27.7 Å². The zero-order valence-electron chi connectivity index (χ0n) is 17.7. The highest BCUT2D eigenvalue weighted by molar-refractivity contribution is 5.86. The third-order valence-corrected chi connectivity index (χ3v) is 5.91. The van der Waals surface area contributed by atoms with E-state index >= 15 is 0 Å². The molecule has 29 heavy (non-hydrogen) atoms. The number of benzene rings is 4. The summed E-state index contributed by atoms with van der Waals surface area (Å²) >= 11 is 0. The average Bonchev–Trinajstić information content (AvgIpc) is 2.73. The minimum Gasteiger partial charge on any atom is -0.193 e. The molecule has 0 saturated heterocycles. The van der Waals surface area contributed by atoms with E-state index in [2.05, 4.69) is 125 Å². The summed E-state index contributed by atoms with van der Waals surface area (Å²) in [5, 5.41) is 0. The molecule has 0 N–H and O–H groups in total. The fourth-order valence-corrected chi connectivity index (χ4v) is 4.54. The summed E-state index contributed by atoms with van der Waals surface area (Å²) in [4.78, 5) is 0. The Kier molecular flexibility index (Phi) is 5.08. The molecule has 0 aliphatic rings. The van der Waals surface area contributed by atoms with Gasteiger partial charge in [-0.05, 0) is 27.7 Å². The first-order chi connectivity index (χ1) is 14.1. The highest BCUT2D eigenvalue weighted by atomic mass is 15.4. The van der Waals surface area contributed by atoms with E-state index in [1.807, 2.05) is 0 Å². The van der Waals surface area contributed by atoms with Crippen LogP contribution in [0.5, 0.6) is 0 Å². The zero-order chi connectivity index (χ0) is 20.4. The van der Waals surface area contributed by atoms with Crippen LogP contribution in [0.15, 0.2) is 97.1 Å². The zero-order valence-corrected chi connectivity index (χ0v) is 17.7. The lowest BCUT2D eigenvalue weighted by Gasteiger charge is -2.40. The first-order valence-electron chi connectivity index (χ1n) is 10.2. The van der Waals surface area contributed by atoms with Gasteiger partial charge in [-0.15, -0.1) is 0 Å². The molecular weight excluding hydrogens is 350 g/mol. The van der Waals surface area contributed by atoms with E-state index in [9.17, 15) is 0 Å². The summed E-state index contributed by atoms with van der Waals surface area (Å²) in [5.41, 5.74) is 10.3. The van der Waals surface area contributed by atoms with Gasteiger partial charge in [0.2, 0.25) is 0 Å². The minimum absolute atomic E-state index is 0.582. The van der Waals surface area contributed by atoms with Crippen molar-refractivity contribution in [1.29, 1.82) is 0 Å². The molecule has 0 heterocycles. The fourth-order valence-electron chi connectivity index (χ4n) is 4.54. The second-order valence-electron chi connectivity index (χ2n) is 7.82. The first-order valence-corrected chi connectivity index (χ1v) is 10.2. The van der Waals surface area contributed by atoms with Gasteiger partial charge in [0.1, 0.15) is 0 Å². The van der Waals surface area contributed by atoms with E-state index in [4.69, 9.17) is 0 Å². The molecule has 0 radical (unpaired) electrons. The normalized spacial score (nSPS) is 11.4. The summed E-state index contributed by atoms with van der Waals surface area (Å²) in [6.07, 6.45) is 0. The standard InChI is InChI=1S/C28H28N/c1-21-13-5-9-17-25(21)29(26-18-10-6-14-22(26)2,27-19-11-7-15-23(27)3)28-20-12-8-16-24(28)4/h5-20H,1-4H3/q+1. The van der Waals surface area contributed by atoms with Gasteiger partial charge in [-0.25, -0.2) is 0 Å². The monoisotopic (exact) mass is 378 g/mol. The van der Waals surface area contributed by atoms with Crippen molar-refractivity contribution in [2.75, 3.05) is 0 Å². The van der Waals surface area contributed by atoms with Crippen LogP contribution in [0.4, 0.5) is 22.7 Å². The lowest BCUT2D eigenvalue weighted by atomic mass is 9.97. The summed E-state index contributed by atoms with van der Waals surface area (Å²) in [7, 11) is 0. The molecule has 0 amide bonds. The second kappa shape index (κ2) is 7.69. The van der Waals surface area contributed by atoms with Gasteiger partial charge in [-0.2, -0.15) is 4.48 Å². The third-order valence-electron chi connectivity index (χ3n) is 5.91. The van der Waals surface area contributed by atoms with Gasteiger partial charge in [-0.1, -0.05) is 72.8 Å². The van der Waals surface area contributed by atoms with Crippen molar-refractivity contribution >= 4 is 22.7 Å². The Labute approximate surface area is 174 Å². The maximum absolute atomic E-state index is 2.28. The van der Waals surface area contributed by atoms with Crippen LogP contribution in [0.3, 0.4) is 0 Å². The number of nitrogens with zero attached hydrogens (tertiary/aromatic N) is 1. The van der Waals surface area contributed by atoms with Crippen molar-refractivity contribution in [3.8, 4) is 0 Å². The van der Waals surface area contributed by atoms with Crippen LogP contribution in [0.25, 0.3) is 0 Å². The van der Waals surface area contributed by atoms with E-state index < -0.39 is 0 Å². The van der Waals surface area contributed by atoms with Crippen LogP contribution in [0.1, 0.15) is 22.3 Å². The SMILES string of the molecule is Cc1ccccc1[N+](c1ccccc1C)(c1ccccc1C)c1ccccc1C. The van der Waals surface area contributed by atoms with Gasteiger partial charge in [-0.3, -0.25) is 0 Å². The highest BCUT2D eigenvalue weighted by Crippen LogP contribution is 2.55. The Hall–Kier alpha value is -3.16. The number of quaternary nitrogens is 1. The topological polar surface area (TPSA) is 0 Å². The Morgan fingerprint density at radius 1 is 0.345 bits per heavy atom. The maximum atomic E-state index is 2.28. The highest BCUT2D eigenvalue weighted by Gasteiger charge is 2.43. The Morgan fingerprint density at radius 2 is 0.552 bits per heavy atom. The summed E-state index contributed by atoms with van der Waals surface area (Å²) in [6.45, 7) is 8.88. The minimum atomic E-state index is 0.582. The van der Waals surface area contributed by atoms with Gasteiger partial charge in [0.15, 0.2) is 22.7 Å². The predicted molar refractivity (Wildman–Crippen MR) is 125 cm³/mol. The quantitative estimate of drug-likeness (QED) is 0.314. The van der Waals surface area contributed by atoms with Gasteiger partial charge < -0.3 is 0 Å². The lowest BCUT2D eigenvalue weighted by molar-refractivity contribution is 0.686. The molecule has 0 aliphatic carbocycles. The van der Waals surface area contributed by atoms with Crippen LogP contribution in [-0.2, 0) is 0 Å². The van der Waals surface area contributed by atoms with Crippen molar-refractivity contribution in [2.24, 2.45) is 0 Å². The van der Waals surface area contributed by atoms with E-state index in [1.54, 1.807) is 0 Å². The fraction of sp³-hybridized carbons (Fsp3) is 0.143. The molecule has 1 heteroatoms. The summed E-state index contributed by atoms with van der Waals surface area (Å²) in [5.74, 6) is 0. The third kappa shape index (κ3) is 3.08. The van der Waals surface area contributed by atoms with Gasteiger partial charge in [0.05, 0.1) is 0 Å². The molecule has 4 aromatic rings. The number of rotatable bonds is 4. The van der Waals surface area contributed by atoms with E-state index in [0.29, 0.717) is 4.48 Å². The molecule has 0 bridgehead atoms. The van der Waals surface area contributed by atoms with Crippen molar-refractivity contribution in [1.82, 2.24) is 4.48 Å². The molecule has 1 nitrogen and oxygen atoms in total. The second-order valence-corrected chi connectivity index (χ2v) is 7.82.